The molecule has 4 nitrogen and oxygen atoms in total. The molecule has 0 amide bonds. The van der Waals surface area contributed by atoms with Crippen LogP contribution in [0.15, 0.2) is 36.4 Å². The van der Waals surface area contributed by atoms with Gasteiger partial charge in [0.05, 0.1) is 23.2 Å². The van der Waals surface area contributed by atoms with E-state index in [1.165, 1.54) is 18.6 Å². The van der Waals surface area contributed by atoms with Crippen LogP contribution in [-0.4, -0.2) is 9.97 Å². The molecule has 0 unspecified atom stereocenters. The van der Waals surface area contributed by atoms with Crippen LogP contribution in [0.25, 0.3) is 0 Å². The molecule has 0 aromatic carbocycles. The quantitative estimate of drug-likeness (QED) is 0.672. The van der Waals surface area contributed by atoms with E-state index < -0.39 is 23.3 Å². The minimum absolute atomic E-state index is 0.421. The molecule has 0 spiro atoms. The number of pyridine rings is 2. The minimum Gasteiger partial charge on any atom is -0.223 e. The average molecular weight is 372 g/mol. The topological polar surface area (TPSA) is 73.4 Å². The first-order valence-electron chi connectivity index (χ1n) is 8.71. The van der Waals surface area contributed by atoms with Crippen LogP contribution in [0.3, 0.4) is 0 Å². The molecule has 0 bridgehead atoms. The van der Waals surface area contributed by atoms with Gasteiger partial charge in [-0.1, -0.05) is 18.6 Å². The monoisotopic (exact) mass is 372 g/mol. The maximum Gasteiger partial charge on any atom is 0.215 e. The largest absolute Gasteiger partial charge is 0.223 e. The molecule has 0 atom stereocenters. The summed E-state index contributed by atoms with van der Waals surface area (Å²) in [6.45, 7) is 0. The predicted octanol–water partition coefficient (Wildman–Crippen LogP) is 4.84. The van der Waals surface area contributed by atoms with E-state index in [0.717, 1.165) is 44.2 Å². The Morgan fingerprint density at radius 1 is 0.852 bits per heavy atom. The third-order valence-electron chi connectivity index (χ3n) is 4.60. The number of aromatic nitrogens is 2. The normalized spacial score (nSPS) is 16.6. The van der Waals surface area contributed by atoms with Gasteiger partial charge < -0.3 is 0 Å². The first-order chi connectivity index (χ1) is 13.0. The molecule has 0 aliphatic heterocycles. The molecule has 2 aliphatic carbocycles. The maximum absolute atomic E-state index is 12.8. The summed E-state index contributed by atoms with van der Waals surface area (Å²) in [4.78, 5) is 6.59. The summed E-state index contributed by atoms with van der Waals surface area (Å²) >= 11 is 0. The molecule has 0 N–H and O–H groups in total. The molecule has 2 fully saturated rings. The maximum atomic E-state index is 12.8. The standard InChI is InChI=1S/C10H9FN2.C5H3F2N.C5H7N/c11-9-4-1-3-8(13-9)10(7-12)5-2-6-10;6-4-2-1-3-5(7)8-4;6-4-5-2-1-3-5/h1,3-4H,2,5-6H2;1-3H;5H,1-3H2. The van der Waals surface area contributed by atoms with Gasteiger partial charge in [-0.05, 0) is 56.4 Å². The molecular weight excluding hydrogens is 353 g/mol. The van der Waals surface area contributed by atoms with Crippen LogP contribution in [0.1, 0.15) is 44.2 Å². The second-order valence-electron chi connectivity index (χ2n) is 6.43. The molecule has 2 aromatic heterocycles. The molecule has 0 radical (unpaired) electrons. The summed E-state index contributed by atoms with van der Waals surface area (Å²) in [5.41, 5.74) is 0.0866. The van der Waals surface area contributed by atoms with Gasteiger partial charge >= 0.3 is 0 Å². The molecule has 27 heavy (non-hydrogen) atoms. The van der Waals surface area contributed by atoms with Crippen molar-refractivity contribution in [2.45, 2.75) is 43.9 Å². The highest BCUT2D eigenvalue weighted by Crippen LogP contribution is 2.42. The molecule has 4 rings (SSSR count). The Bertz CT molecular complexity index is 816. The Labute approximate surface area is 156 Å². The molecule has 2 aromatic rings. The highest BCUT2D eigenvalue weighted by Gasteiger charge is 2.40. The van der Waals surface area contributed by atoms with Gasteiger partial charge in [-0.3, -0.25) is 0 Å². The van der Waals surface area contributed by atoms with Crippen LogP contribution in [0.5, 0.6) is 0 Å². The first kappa shape index (κ1) is 20.4. The molecular formula is C20H19F3N4. The van der Waals surface area contributed by atoms with Crippen molar-refractivity contribution < 1.29 is 13.2 Å². The van der Waals surface area contributed by atoms with Crippen molar-refractivity contribution in [3.63, 3.8) is 0 Å². The summed E-state index contributed by atoms with van der Waals surface area (Å²) in [5.74, 6) is -1.65. The van der Waals surface area contributed by atoms with Crippen molar-refractivity contribution in [1.82, 2.24) is 9.97 Å². The Morgan fingerprint density at radius 2 is 1.41 bits per heavy atom. The second kappa shape index (κ2) is 9.68. The van der Waals surface area contributed by atoms with E-state index in [0.29, 0.717) is 11.6 Å². The van der Waals surface area contributed by atoms with E-state index in [-0.39, 0.29) is 0 Å². The van der Waals surface area contributed by atoms with Crippen molar-refractivity contribution in [3.8, 4) is 12.1 Å². The number of hydrogen-bond acceptors (Lipinski definition) is 4. The highest BCUT2D eigenvalue weighted by molar-refractivity contribution is 5.29. The van der Waals surface area contributed by atoms with Gasteiger partial charge in [-0.15, -0.1) is 0 Å². The van der Waals surface area contributed by atoms with Gasteiger partial charge in [0.15, 0.2) is 0 Å². The number of nitriles is 2. The van der Waals surface area contributed by atoms with E-state index in [9.17, 15) is 13.2 Å². The highest BCUT2D eigenvalue weighted by atomic mass is 19.1. The van der Waals surface area contributed by atoms with Crippen LogP contribution < -0.4 is 0 Å². The Kier molecular flexibility index (Phi) is 7.31. The molecule has 140 valence electrons. The lowest BCUT2D eigenvalue weighted by Gasteiger charge is -2.34. The summed E-state index contributed by atoms with van der Waals surface area (Å²) in [5, 5.41) is 17.1. The van der Waals surface area contributed by atoms with E-state index in [1.807, 2.05) is 0 Å². The van der Waals surface area contributed by atoms with Gasteiger partial charge in [0.2, 0.25) is 17.8 Å². The lowest BCUT2D eigenvalue weighted by molar-refractivity contribution is 0.312. The van der Waals surface area contributed by atoms with Gasteiger partial charge in [-0.25, -0.2) is 4.98 Å². The number of hydrogen-bond donors (Lipinski definition) is 0. The van der Waals surface area contributed by atoms with Crippen molar-refractivity contribution in [2.75, 3.05) is 0 Å². The molecule has 2 aliphatic rings. The Hall–Kier alpha value is -2.93. The van der Waals surface area contributed by atoms with Crippen LogP contribution in [-0.2, 0) is 5.41 Å². The summed E-state index contributed by atoms with van der Waals surface area (Å²) in [6.07, 6.45) is 6.22. The van der Waals surface area contributed by atoms with Crippen LogP contribution in [0, 0.1) is 46.4 Å². The SMILES string of the molecule is Fc1cccc(F)n1.N#CC1(c2cccc(F)n2)CCC1.N#CC1CCC1. The van der Waals surface area contributed by atoms with Crippen LogP contribution in [0.2, 0.25) is 0 Å². The first-order valence-corrected chi connectivity index (χ1v) is 8.71. The van der Waals surface area contributed by atoms with Crippen LogP contribution >= 0.6 is 0 Å². The van der Waals surface area contributed by atoms with Crippen molar-refractivity contribution in [1.29, 1.82) is 10.5 Å². The average Bonchev–Trinajstić information content (AvgIpc) is 2.54. The zero-order valence-corrected chi connectivity index (χ0v) is 14.7. The molecule has 0 saturated heterocycles. The van der Waals surface area contributed by atoms with E-state index in [1.54, 1.807) is 12.1 Å². The number of rotatable bonds is 1. The summed E-state index contributed by atoms with van der Waals surface area (Å²) in [6, 6.07) is 12.5. The predicted molar refractivity (Wildman–Crippen MR) is 92.4 cm³/mol. The van der Waals surface area contributed by atoms with Crippen LogP contribution in [0.4, 0.5) is 13.2 Å². The lowest BCUT2D eigenvalue weighted by atomic mass is 9.67. The number of nitrogens with zero attached hydrogens (tertiary/aromatic N) is 4. The molecule has 2 saturated carbocycles. The Balaban J connectivity index is 0.000000159. The Morgan fingerprint density at radius 3 is 1.67 bits per heavy atom. The van der Waals surface area contributed by atoms with E-state index in [2.05, 4.69) is 22.1 Å². The van der Waals surface area contributed by atoms with Gasteiger partial charge in [0.1, 0.15) is 0 Å². The fraction of sp³-hybridized carbons (Fsp3) is 0.400. The summed E-state index contributed by atoms with van der Waals surface area (Å²) in [7, 11) is 0. The molecule has 7 heteroatoms. The van der Waals surface area contributed by atoms with Crippen molar-refractivity contribution >= 4 is 0 Å². The van der Waals surface area contributed by atoms with E-state index in [4.69, 9.17) is 10.5 Å². The van der Waals surface area contributed by atoms with Gasteiger partial charge in [-0.2, -0.15) is 28.7 Å². The minimum atomic E-state index is -0.787. The fourth-order valence-corrected chi connectivity index (χ4v) is 2.55. The summed E-state index contributed by atoms with van der Waals surface area (Å²) < 4.78 is 36.4. The second-order valence-corrected chi connectivity index (χ2v) is 6.43. The zero-order chi connectivity index (χ0) is 19.7. The smallest absolute Gasteiger partial charge is 0.215 e. The van der Waals surface area contributed by atoms with Crippen molar-refractivity contribution in [3.05, 3.63) is 59.9 Å². The third-order valence-corrected chi connectivity index (χ3v) is 4.60. The van der Waals surface area contributed by atoms with Gasteiger partial charge in [0.25, 0.3) is 0 Å². The number of halogens is 3. The lowest BCUT2D eigenvalue weighted by Crippen LogP contribution is -2.33. The zero-order valence-electron chi connectivity index (χ0n) is 14.7. The third kappa shape index (κ3) is 5.79. The fourth-order valence-electron chi connectivity index (χ4n) is 2.55. The van der Waals surface area contributed by atoms with E-state index >= 15 is 0 Å². The van der Waals surface area contributed by atoms with Gasteiger partial charge in [0, 0.05) is 5.92 Å². The molecule has 2 heterocycles. The van der Waals surface area contributed by atoms with Crippen molar-refractivity contribution in [2.24, 2.45) is 5.92 Å².